The second-order valence-corrected chi connectivity index (χ2v) is 8.95. The Hall–Kier alpha value is -1.10. The molecule has 9 heteroatoms. The van der Waals surface area contributed by atoms with Crippen LogP contribution in [0, 0.1) is 5.92 Å². The highest BCUT2D eigenvalue weighted by Gasteiger charge is 2.45. The maximum atomic E-state index is 12.4. The fraction of sp³-hybridized carbons (Fsp3) is 0.812. The number of halogens is 1. The van der Waals surface area contributed by atoms with E-state index in [0.717, 1.165) is 23.1 Å². The summed E-state index contributed by atoms with van der Waals surface area (Å²) in [4.78, 5) is 18.6. The van der Waals surface area contributed by atoms with Gasteiger partial charge in [0.25, 0.3) is 0 Å². The Morgan fingerprint density at radius 2 is 2.16 bits per heavy atom. The monoisotopic (exact) mass is 462 g/mol. The second-order valence-electron chi connectivity index (χ2n) is 7.84. The van der Waals surface area contributed by atoms with Crippen molar-refractivity contribution in [3.63, 3.8) is 0 Å². The minimum Gasteiger partial charge on any atom is -0.444 e. The molecule has 3 heterocycles. The third kappa shape index (κ3) is 4.02. The summed E-state index contributed by atoms with van der Waals surface area (Å²) in [6, 6.07) is 0.145. The number of fused-ring (bicyclic) bond motifs is 1. The topological polar surface area (TPSA) is 95.5 Å². The molecule has 3 rings (SSSR count). The third-order valence-corrected chi connectivity index (χ3v) is 5.45. The number of amidine groups is 1. The fourth-order valence-corrected chi connectivity index (χ4v) is 4.44. The number of aliphatic imine (C=N–C) groups is 1. The molecule has 0 bridgehead atoms. The molecule has 0 aromatic heterocycles. The second kappa shape index (κ2) is 6.90. The van der Waals surface area contributed by atoms with Crippen LogP contribution in [-0.2, 0) is 4.74 Å². The zero-order valence-corrected chi connectivity index (χ0v) is 17.4. The van der Waals surface area contributed by atoms with Gasteiger partial charge >= 0.3 is 6.09 Å². The van der Waals surface area contributed by atoms with E-state index in [1.54, 1.807) is 4.90 Å². The van der Waals surface area contributed by atoms with Gasteiger partial charge in [0.15, 0.2) is 0 Å². The molecule has 0 radical (unpaired) electrons. The highest BCUT2D eigenvalue weighted by molar-refractivity contribution is 14.1. The van der Waals surface area contributed by atoms with Crippen LogP contribution < -0.4 is 11.1 Å². The number of hydrazone groups is 1. The predicted octanol–water partition coefficient (Wildman–Crippen LogP) is 1.70. The van der Waals surface area contributed by atoms with Gasteiger partial charge in [-0.3, -0.25) is 15.3 Å². The van der Waals surface area contributed by atoms with Gasteiger partial charge in [-0.2, -0.15) is 5.10 Å². The quantitative estimate of drug-likeness (QED) is 0.579. The number of piperidine rings is 1. The number of likely N-dealkylation sites (tertiary alicyclic amines) is 1. The molecule has 0 spiro atoms. The summed E-state index contributed by atoms with van der Waals surface area (Å²) in [6.07, 6.45) is 1.64. The number of nitrogens with two attached hydrogens (primary N) is 1. The lowest BCUT2D eigenvalue weighted by Gasteiger charge is -2.42. The minimum absolute atomic E-state index is 0.00277. The van der Waals surface area contributed by atoms with Crippen LogP contribution >= 0.6 is 22.6 Å². The van der Waals surface area contributed by atoms with Crippen LogP contribution in [-0.4, -0.2) is 62.6 Å². The van der Waals surface area contributed by atoms with E-state index >= 15 is 0 Å². The Labute approximate surface area is 162 Å². The lowest BCUT2D eigenvalue weighted by atomic mass is 10.0. The number of amides is 1. The highest BCUT2D eigenvalue weighted by Crippen LogP contribution is 2.31. The van der Waals surface area contributed by atoms with Gasteiger partial charge in [-0.25, -0.2) is 4.79 Å². The van der Waals surface area contributed by atoms with Crippen molar-refractivity contribution in [2.75, 3.05) is 13.1 Å². The van der Waals surface area contributed by atoms with E-state index in [4.69, 9.17) is 15.6 Å². The van der Waals surface area contributed by atoms with Gasteiger partial charge in [-0.05, 0) is 63.1 Å². The summed E-state index contributed by atoms with van der Waals surface area (Å²) in [5.74, 6) is 0.625. The van der Waals surface area contributed by atoms with Gasteiger partial charge in [0.1, 0.15) is 33.4 Å². The van der Waals surface area contributed by atoms with Crippen LogP contribution in [0.15, 0.2) is 10.1 Å². The van der Waals surface area contributed by atoms with Gasteiger partial charge in [-0.15, -0.1) is 0 Å². The lowest BCUT2D eigenvalue weighted by molar-refractivity contribution is 0.00381. The van der Waals surface area contributed by atoms with Crippen molar-refractivity contribution < 1.29 is 9.53 Å². The molecule has 0 saturated carbocycles. The zero-order valence-electron chi connectivity index (χ0n) is 15.2. The smallest absolute Gasteiger partial charge is 0.410 e. The van der Waals surface area contributed by atoms with Crippen LogP contribution in [0.3, 0.4) is 0 Å². The summed E-state index contributed by atoms with van der Waals surface area (Å²) < 4.78 is 6.47. The van der Waals surface area contributed by atoms with Gasteiger partial charge < -0.3 is 15.4 Å². The molecular formula is C16H27IN6O2. The number of carbonyl (C=O) groups is 1. The van der Waals surface area contributed by atoms with Crippen LogP contribution in [0.5, 0.6) is 0 Å². The summed E-state index contributed by atoms with van der Waals surface area (Å²) >= 11 is 2.24. The molecule has 0 aromatic rings. The molecule has 25 heavy (non-hydrogen) atoms. The molecule has 0 aliphatic carbocycles. The average molecular weight is 462 g/mol. The summed E-state index contributed by atoms with van der Waals surface area (Å²) in [6.45, 7) is 8.99. The molecule has 140 valence electrons. The van der Waals surface area contributed by atoms with E-state index in [1.165, 1.54) is 0 Å². The number of ether oxygens (including phenoxy) is 1. The number of nitrogens with one attached hydrogen (secondary N) is 1. The van der Waals surface area contributed by atoms with Crippen molar-refractivity contribution in [2.45, 2.75) is 64.5 Å². The molecule has 1 saturated heterocycles. The van der Waals surface area contributed by atoms with E-state index in [2.05, 4.69) is 37.9 Å². The average Bonchev–Trinajstić information content (AvgIpc) is 2.82. The number of rotatable bonds is 1. The van der Waals surface area contributed by atoms with Crippen molar-refractivity contribution in [2.24, 2.45) is 21.7 Å². The van der Waals surface area contributed by atoms with E-state index in [0.29, 0.717) is 12.4 Å². The van der Waals surface area contributed by atoms with Gasteiger partial charge in [0, 0.05) is 13.1 Å². The van der Waals surface area contributed by atoms with Crippen molar-refractivity contribution in [3.05, 3.63) is 0 Å². The molecule has 8 nitrogen and oxygen atoms in total. The largest absolute Gasteiger partial charge is 0.444 e. The van der Waals surface area contributed by atoms with Crippen LogP contribution in [0.25, 0.3) is 0 Å². The summed E-state index contributed by atoms with van der Waals surface area (Å²) in [5.41, 5.74) is 5.67. The Morgan fingerprint density at radius 3 is 2.84 bits per heavy atom. The Kier molecular flexibility index (Phi) is 5.16. The Balaban J connectivity index is 1.72. The molecule has 4 atom stereocenters. The molecule has 3 N–H and O–H groups in total. The van der Waals surface area contributed by atoms with E-state index in [-0.39, 0.29) is 30.4 Å². The summed E-state index contributed by atoms with van der Waals surface area (Å²) in [7, 11) is 0. The first kappa shape index (κ1) is 18.7. The highest BCUT2D eigenvalue weighted by atomic mass is 127. The molecule has 3 aliphatic heterocycles. The van der Waals surface area contributed by atoms with Crippen LogP contribution in [0.4, 0.5) is 4.79 Å². The summed E-state index contributed by atoms with van der Waals surface area (Å²) in [5, 5.41) is 10.3. The molecule has 4 unspecified atom stereocenters. The van der Waals surface area contributed by atoms with Crippen molar-refractivity contribution in [1.29, 1.82) is 0 Å². The zero-order chi connectivity index (χ0) is 18.4. The predicted molar refractivity (Wildman–Crippen MR) is 106 cm³/mol. The number of hydrogen-bond acceptors (Lipinski definition) is 7. The van der Waals surface area contributed by atoms with E-state index in [1.807, 2.05) is 27.7 Å². The Morgan fingerprint density at radius 1 is 1.44 bits per heavy atom. The first-order chi connectivity index (χ1) is 11.7. The number of carbonyl (C=O) groups excluding carboxylic acids is 1. The van der Waals surface area contributed by atoms with Gasteiger partial charge in [0.05, 0.1) is 6.04 Å². The van der Waals surface area contributed by atoms with Crippen molar-refractivity contribution in [1.82, 2.24) is 15.2 Å². The Bertz CT molecular complexity index is 602. The fourth-order valence-electron chi connectivity index (χ4n) is 3.53. The molecule has 0 aromatic carbocycles. The van der Waals surface area contributed by atoms with E-state index in [9.17, 15) is 4.79 Å². The molecule has 3 aliphatic rings. The normalized spacial score (nSPS) is 32.8. The lowest BCUT2D eigenvalue weighted by Crippen LogP contribution is -2.60. The third-order valence-electron chi connectivity index (χ3n) is 4.56. The van der Waals surface area contributed by atoms with Gasteiger partial charge in [-0.1, -0.05) is 0 Å². The maximum absolute atomic E-state index is 12.4. The maximum Gasteiger partial charge on any atom is 0.410 e. The SMILES string of the molecule is CC1N=C(N)C2C(I)=NN(C3CCCN(C(=O)OC(C)(C)C)C3)C2N1. The van der Waals surface area contributed by atoms with Crippen molar-refractivity contribution >= 4 is 38.2 Å². The van der Waals surface area contributed by atoms with Crippen LogP contribution in [0.2, 0.25) is 0 Å². The standard InChI is InChI=1S/C16H27IN6O2/c1-9-19-13(18)11-12(17)21-23(14(11)20-9)10-6-5-7-22(8-10)15(24)25-16(2,3)4/h9-11,14,20H,5-8H2,1-4H3,(H2,18,19). The number of nitrogens with zero attached hydrogens (tertiary/aromatic N) is 4. The molecular weight excluding hydrogens is 435 g/mol. The van der Waals surface area contributed by atoms with E-state index < -0.39 is 5.60 Å². The molecule has 1 fully saturated rings. The first-order valence-electron chi connectivity index (χ1n) is 8.75. The number of hydrogen-bond donors (Lipinski definition) is 2. The molecule has 1 amide bonds. The minimum atomic E-state index is -0.485. The van der Waals surface area contributed by atoms with Crippen LogP contribution in [0.1, 0.15) is 40.5 Å². The first-order valence-corrected chi connectivity index (χ1v) is 9.83. The van der Waals surface area contributed by atoms with Crippen molar-refractivity contribution in [3.8, 4) is 0 Å². The van der Waals surface area contributed by atoms with Gasteiger partial charge in [0.2, 0.25) is 0 Å².